The second-order valence-corrected chi connectivity index (χ2v) is 6.71. The van der Waals surface area contributed by atoms with Crippen molar-refractivity contribution in [1.82, 2.24) is 9.47 Å². The lowest BCUT2D eigenvalue weighted by Gasteiger charge is -2.41. The molecule has 21 heavy (non-hydrogen) atoms. The largest absolute Gasteiger partial charge is 0.375 e. The first kappa shape index (κ1) is 16.2. The minimum absolute atomic E-state index is 0.0326. The lowest BCUT2D eigenvalue weighted by atomic mass is 9.92. The third kappa shape index (κ3) is 3.95. The van der Waals surface area contributed by atoms with Gasteiger partial charge in [0.05, 0.1) is 5.60 Å². The molecule has 1 saturated heterocycles. The van der Waals surface area contributed by atoms with Gasteiger partial charge in [0.25, 0.3) is 0 Å². The van der Waals surface area contributed by atoms with E-state index < -0.39 is 0 Å². The summed E-state index contributed by atoms with van der Waals surface area (Å²) < 4.78 is 7.90. The molecule has 0 N–H and O–H groups in total. The number of ether oxygens (including phenoxy) is 1. The number of Topliss-reactive ketones (excluding diaryl/α,β-unsaturated/α-hetero) is 1. The molecule has 0 radical (unpaired) electrons. The van der Waals surface area contributed by atoms with Crippen molar-refractivity contribution >= 4 is 5.78 Å². The van der Waals surface area contributed by atoms with E-state index in [1.807, 2.05) is 19.3 Å². The van der Waals surface area contributed by atoms with Crippen LogP contribution >= 0.6 is 0 Å². The highest BCUT2D eigenvalue weighted by Gasteiger charge is 2.32. The van der Waals surface area contributed by atoms with E-state index in [1.54, 1.807) is 6.92 Å². The van der Waals surface area contributed by atoms with Gasteiger partial charge in [-0.15, -0.1) is 0 Å². The van der Waals surface area contributed by atoms with Gasteiger partial charge in [-0.3, -0.25) is 9.69 Å². The van der Waals surface area contributed by atoms with E-state index >= 15 is 0 Å². The predicted octanol–water partition coefficient (Wildman–Crippen LogP) is 3.01. The Morgan fingerprint density at radius 2 is 2.24 bits per heavy atom. The van der Waals surface area contributed by atoms with Crippen molar-refractivity contribution in [1.29, 1.82) is 0 Å². The van der Waals surface area contributed by atoms with Crippen LogP contribution in [0.15, 0.2) is 12.3 Å². The zero-order chi connectivity index (χ0) is 15.6. The smallest absolute Gasteiger partial charge is 0.161 e. The van der Waals surface area contributed by atoms with Crippen LogP contribution in [-0.2, 0) is 18.3 Å². The van der Waals surface area contributed by atoms with E-state index in [-0.39, 0.29) is 11.4 Å². The van der Waals surface area contributed by atoms with Crippen molar-refractivity contribution in [2.24, 2.45) is 7.05 Å². The van der Waals surface area contributed by atoms with Crippen LogP contribution in [0.25, 0.3) is 0 Å². The molecule has 1 atom stereocenters. The molecule has 0 amide bonds. The summed E-state index contributed by atoms with van der Waals surface area (Å²) in [5.41, 5.74) is 1.97. The van der Waals surface area contributed by atoms with Crippen molar-refractivity contribution < 1.29 is 9.53 Å². The second-order valence-electron chi connectivity index (χ2n) is 6.71. The van der Waals surface area contributed by atoms with Gasteiger partial charge in [0.1, 0.15) is 0 Å². The molecule has 0 aliphatic carbocycles. The SMILES string of the molecule is CCN(Cc1cc(C(C)=O)cn1C)[C@H]1CCOC(C)(C)C1. The van der Waals surface area contributed by atoms with Crippen molar-refractivity contribution in [3.05, 3.63) is 23.5 Å². The summed E-state index contributed by atoms with van der Waals surface area (Å²) >= 11 is 0. The lowest BCUT2D eigenvalue weighted by molar-refractivity contribution is -0.0840. The van der Waals surface area contributed by atoms with E-state index in [0.717, 1.165) is 38.1 Å². The fourth-order valence-electron chi connectivity index (χ4n) is 3.18. The van der Waals surface area contributed by atoms with Gasteiger partial charge in [-0.05, 0) is 46.2 Å². The Morgan fingerprint density at radius 1 is 1.52 bits per heavy atom. The number of aromatic nitrogens is 1. The molecule has 4 heteroatoms. The van der Waals surface area contributed by atoms with Crippen LogP contribution in [0.4, 0.5) is 0 Å². The minimum atomic E-state index is -0.0326. The molecule has 4 nitrogen and oxygen atoms in total. The van der Waals surface area contributed by atoms with Crippen LogP contribution in [0, 0.1) is 0 Å². The maximum Gasteiger partial charge on any atom is 0.161 e. The molecule has 0 saturated carbocycles. The number of rotatable bonds is 5. The second kappa shape index (κ2) is 6.32. The summed E-state index contributed by atoms with van der Waals surface area (Å²) in [6, 6.07) is 2.57. The molecule has 1 aliphatic heterocycles. The molecule has 2 heterocycles. The average Bonchev–Trinajstić information content (AvgIpc) is 2.76. The molecule has 1 aromatic heterocycles. The van der Waals surface area contributed by atoms with E-state index in [1.165, 1.54) is 5.69 Å². The van der Waals surface area contributed by atoms with E-state index in [2.05, 4.69) is 30.2 Å². The predicted molar refractivity (Wildman–Crippen MR) is 84.6 cm³/mol. The molecule has 0 aromatic carbocycles. The fraction of sp³-hybridized carbons (Fsp3) is 0.706. The Bertz CT molecular complexity index is 505. The summed E-state index contributed by atoms with van der Waals surface area (Å²) in [6.45, 7) is 10.9. The Morgan fingerprint density at radius 3 is 2.76 bits per heavy atom. The zero-order valence-electron chi connectivity index (χ0n) is 14.0. The van der Waals surface area contributed by atoms with E-state index in [9.17, 15) is 4.79 Å². The number of hydrogen-bond donors (Lipinski definition) is 0. The molecular formula is C17H28N2O2. The van der Waals surface area contributed by atoms with E-state index in [4.69, 9.17) is 4.74 Å². The summed E-state index contributed by atoms with van der Waals surface area (Å²) in [4.78, 5) is 14.0. The van der Waals surface area contributed by atoms with Gasteiger partial charge in [0.2, 0.25) is 0 Å². The summed E-state index contributed by atoms with van der Waals surface area (Å²) in [5.74, 6) is 0.132. The molecule has 1 aromatic rings. The van der Waals surface area contributed by atoms with Gasteiger partial charge in [-0.2, -0.15) is 0 Å². The summed E-state index contributed by atoms with van der Waals surface area (Å²) in [6.07, 6.45) is 4.07. The number of carbonyl (C=O) groups excluding carboxylic acids is 1. The van der Waals surface area contributed by atoms with Crippen LogP contribution in [0.1, 0.15) is 56.6 Å². The molecule has 0 bridgehead atoms. The van der Waals surface area contributed by atoms with Gasteiger partial charge in [0, 0.05) is 43.7 Å². The number of nitrogens with zero attached hydrogens (tertiary/aromatic N) is 2. The Hall–Kier alpha value is -1.13. The number of carbonyl (C=O) groups is 1. The van der Waals surface area contributed by atoms with Gasteiger partial charge in [0.15, 0.2) is 5.78 Å². The number of ketones is 1. The zero-order valence-corrected chi connectivity index (χ0v) is 14.0. The molecule has 1 aliphatic rings. The monoisotopic (exact) mass is 292 g/mol. The third-order valence-corrected chi connectivity index (χ3v) is 4.47. The quantitative estimate of drug-likeness (QED) is 0.782. The fourth-order valence-corrected chi connectivity index (χ4v) is 3.18. The Labute approximate surface area is 128 Å². The normalized spacial score (nSPS) is 21.7. The van der Waals surface area contributed by atoms with Crippen LogP contribution < -0.4 is 0 Å². The van der Waals surface area contributed by atoms with Gasteiger partial charge < -0.3 is 9.30 Å². The van der Waals surface area contributed by atoms with Crippen LogP contribution in [0.2, 0.25) is 0 Å². The lowest BCUT2D eigenvalue weighted by Crippen LogP contribution is -2.45. The van der Waals surface area contributed by atoms with Crippen molar-refractivity contribution in [2.45, 2.75) is 58.7 Å². The van der Waals surface area contributed by atoms with Crippen molar-refractivity contribution in [3.63, 3.8) is 0 Å². The molecule has 0 spiro atoms. The number of hydrogen-bond acceptors (Lipinski definition) is 3. The highest BCUT2D eigenvalue weighted by molar-refractivity contribution is 5.94. The Kier molecular flexibility index (Phi) is 4.89. The summed E-state index contributed by atoms with van der Waals surface area (Å²) in [7, 11) is 2.02. The standard InChI is InChI=1S/C17H28N2O2/c1-6-19(15-7-8-21-17(3,4)10-15)12-16-9-14(13(2)20)11-18(16)5/h9,11,15H,6-8,10,12H2,1-5H3/t15-/m0/s1. The average molecular weight is 292 g/mol. The minimum Gasteiger partial charge on any atom is -0.375 e. The van der Waals surface area contributed by atoms with Crippen LogP contribution in [-0.4, -0.2) is 40.0 Å². The maximum absolute atomic E-state index is 11.5. The molecule has 1 fully saturated rings. The van der Waals surface area contributed by atoms with Gasteiger partial charge in [-0.25, -0.2) is 0 Å². The molecule has 118 valence electrons. The van der Waals surface area contributed by atoms with Crippen LogP contribution in [0.5, 0.6) is 0 Å². The van der Waals surface area contributed by atoms with Crippen molar-refractivity contribution in [2.75, 3.05) is 13.2 Å². The first-order valence-electron chi connectivity index (χ1n) is 7.86. The van der Waals surface area contributed by atoms with Crippen LogP contribution in [0.3, 0.4) is 0 Å². The third-order valence-electron chi connectivity index (χ3n) is 4.47. The van der Waals surface area contributed by atoms with E-state index in [0.29, 0.717) is 6.04 Å². The topological polar surface area (TPSA) is 34.5 Å². The van der Waals surface area contributed by atoms with Gasteiger partial charge in [-0.1, -0.05) is 6.92 Å². The highest BCUT2D eigenvalue weighted by Crippen LogP contribution is 2.28. The highest BCUT2D eigenvalue weighted by atomic mass is 16.5. The first-order valence-corrected chi connectivity index (χ1v) is 7.86. The number of aryl methyl sites for hydroxylation is 1. The maximum atomic E-state index is 11.5. The first-order chi connectivity index (χ1) is 9.82. The summed E-state index contributed by atoms with van der Waals surface area (Å²) in [5, 5.41) is 0. The molecule has 0 unspecified atom stereocenters. The van der Waals surface area contributed by atoms with Crippen molar-refractivity contribution in [3.8, 4) is 0 Å². The molecule has 2 rings (SSSR count). The van der Waals surface area contributed by atoms with Gasteiger partial charge >= 0.3 is 0 Å². The Balaban J connectivity index is 2.10. The molecular weight excluding hydrogens is 264 g/mol.